The lowest BCUT2D eigenvalue weighted by Crippen LogP contribution is -2.26. The zero-order valence-corrected chi connectivity index (χ0v) is 14.1. The van der Waals surface area contributed by atoms with Gasteiger partial charge in [-0.25, -0.2) is 0 Å². The van der Waals surface area contributed by atoms with Gasteiger partial charge in [-0.1, -0.05) is 83.4 Å². The highest BCUT2D eigenvalue weighted by Gasteiger charge is 2.31. The number of carbonyl (C=O) groups is 1. The number of rotatable bonds is 4. The van der Waals surface area contributed by atoms with E-state index in [1.165, 1.54) is 16.9 Å². The van der Waals surface area contributed by atoms with E-state index in [1.54, 1.807) is 0 Å². The molecule has 8 heteroatoms. The van der Waals surface area contributed by atoms with Crippen LogP contribution in [0.25, 0.3) is 0 Å². The van der Waals surface area contributed by atoms with E-state index >= 15 is 0 Å². The Hall–Kier alpha value is -0.880. The van der Waals surface area contributed by atoms with E-state index in [4.69, 9.17) is 34.8 Å². The third-order valence-electron chi connectivity index (χ3n) is 2.79. The Labute approximate surface area is 141 Å². The van der Waals surface area contributed by atoms with Crippen LogP contribution in [0.4, 0.5) is 5.13 Å². The highest BCUT2D eigenvalue weighted by atomic mass is 35.6. The summed E-state index contributed by atoms with van der Waals surface area (Å²) in [5.74, 6) is -0.442. The van der Waals surface area contributed by atoms with Gasteiger partial charge in [0.05, 0.1) is 0 Å². The molecule has 0 spiro atoms. The molecule has 2 rings (SSSR count). The number of hydrogen-bond acceptors (Lipinski definition) is 4. The van der Waals surface area contributed by atoms with Crippen molar-refractivity contribution in [1.82, 2.24) is 10.2 Å². The van der Waals surface area contributed by atoms with Gasteiger partial charge in [0.1, 0.15) is 5.01 Å². The summed E-state index contributed by atoms with van der Waals surface area (Å²) in [7, 11) is 0. The predicted molar refractivity (Wildman–Crippen MR) is 87.4 cm³/mol. The first kappa shape index (κ1) is 16.5. The number of nitrogens with one attached hydrogen (secondary N) is 1. The number of anilines is 1. The van der Waals surface area contributed by atoms with E-state index in [2.05, 4.69) is 34.6 Å². The SMILES string of the molecule is CC(Cc1nnc(NC(=O)C(Cl)(Cl)Cl)s1)c1ccccc1. The van der Waals surface area contributed by atoms with Crippen LogP contribution >= 0.6 is 46.1 Å². The number of benzene rings is 1. The zero-order chi connectivity index (χ0) is 15.5. The molecule has 0 saturated heterocycles. The zero-order valence-electron chi connectivity index (χ0n) is 11.0. The van der Waals surface area contributed by atoms with Crippen molar-refractivity contribution in [2.24, 2.45) is 0 Å². The minimum Gasteiger partial charge on any atom is -0.297 e. The number of halogens is 3. The summed E-state index contributed by atoms with van der Waals surface area (Å²) in [6.45, 7) is 2.11. The molecule has 1 amide bonds. The van der Waals surface area contributed by atoms with Crippen molar-refractivity contribution in [3.05, 3.63) is 40.9 Å². The van der Waals surface area contributed by atoms with E-state index in [-0.39, 0.29) is 0 Å². The molecule has 21 heavy (non-hydrogen) atoms. The third kappa shape index (κ3) is 4.81. The van der Waals surface area contributed by atoms with Gasteiger partial charge >= 0.3 is 0 Å². The van der Waals surface area contributed by atoms with Crippen molar-refractivity contribution in [2.45, 2.75) is 23.1 Å². The number of alkyl halides is 3. The summed E-state index contributed by atoms with van der Waals surface area (Å²) < 4.78 is -2.01. The van der Waals surface area contributed by atoms with E-state index in [0.29, 0.717) is 11.0 Å². The van der Waals surface area contributed by atoms with Gasteiger partial charge in [0.2, 0.25) is 5.13 Å². The van der Waals surface area contributed by atoms with Gasteiger partial charge in [-0.15, -0.1) is 10.2 Å². The molecule has 2 aromatic rings. The van der Waals surface area contributed by atoms with Crippen LogP contribution in [0.15, 0.2) is 30.3 Å². The number of carbonyl (C=O) groups excluding carboxylic acids is 1. The lowest BCUT2D eigenvalue weighted by Gasteiger charge is -2.09. The smallest absolute Gasteiger partial charge is 0.278 e. The molecule has 1 atom stereocenters. The molecule has 0 aliphatic carbocycles. The van der Waals surface area contributed by atoms with Crippen LogP contribution in [-0.2, 0) is 11.2 Å². The van der Waals surface area contributed by atoms with E-state index < -0.39 is 9.70 Å². The molecule has 1 unspecified atom stereocenters. The standard InChI is InChI=1S/C13H12Cl3N3OS/c1-8(9-5-3-2-4-6-9)7-10-18-19-12(21-10)17-11(20)13(14,15)16/h2-6,8H,7H2,1H3,(H,17,19,20). The maximum Gasteiger partial charge on any atom is 0.278 e. The monoisotopic (exact) mass is 363 g/mol. The van der Waals surface area contributed by atoms with Crippen molar-refractivity contribution < 1.29 is 4.79 Å². The summed E-state index contributed by atoms with van der Waals surface area (Å²) in [6, 6.07) is 10.1. The second-order valence-corrected chi connectivity index (χ2v) is 7.81. The molecule has 1 aromatic carbocycles. The predicted octanol–water partition coefficient (Wildman–Crippen LogP) is 4.19. The van der Waals surface area contributed by atoms with Crippen molar-refractivity contribution in [1.29, 1.82) is 0 Å². The average Bonchev–Trinajstić information content (AvgIpc) is 2.86. The van der Waals surface area contributed by atoms with Crippen LogP contribution in [0.3, 0.4) is 0 Å². The number of amides is 1. The first-order valence-corrected chi connectivity index (χ1v) is 8.07. The van der Waals surface area contributed by atoms with Gasteiger partial charge in [0.15, 0.2) is 0 Å². The first-order chi connectivity index (χ1) is 9.86. The van der Waals surface area contributed by atoms with Crippen molar-refractivity contribution >= 4 is 57.2 Å². The fourth-order valence-electron chi connectivity index (χ4n) is 1.72. The summed E-state index contributed by atoms with van der Waals surface area (Å²) >= 11 is 17.7. The Balaban J connectivity index is 1.99. The summed E-state index contributed by atoms with van der Waals surface area (Å²) in [4.78, 5) is 11.5. The van der Waals surface area contributed by atoms with E-state index in [9.17, 15) is 4.79 Å². The largest absolute Gasteiger partial charge is 0.297 e. The third-order valence-corrected chi connectivity index (χ3v) is 4.17. The fourth-order valence-corrected chi connectivity index (χ4v) is 2.72. The van der Waals surface area contributed by atoms with Gasteiger partial charge < -0.3 is 0 Å². The van der Waals surface area contributed by atoms with Crippen LogP contribution in [-0.4, -0.2) is 19.9 Å². The van der Waals surface area contributed by atoms with Crippen LogP contribution in [0.5, 0.6) is 0 Å². The summed E-state index contributed by atoms with van der Waals surface area (Å²) in [5.41, 5.74) is 1.22. The fraction of sp³-hybridized carbons (Fsp3) is 0.308. The van der Waals surface area contributed by atoms with Crippen molar-refractivity contribution in [3.8, 4) is 0 Å². The first-order valence-electron chi connectivity index (χ1n) is 6.12. The molecule has 0 aliphatic rings. The minimum atomic E-state index is -2.01. The second kappa shape index (κ2) is 6.92. The van der Waals surface area contributed by atoms with Crippen molar-refractivity contribution in [2.75, 3.05) is 5.32 Å². The molecule has 0 aliphatic heterocycles. The molecule has 1 aromatic heterocycles. The molecule has 0 saturated carbocycles. The Bertz CT molecular complexity index is 613. The van der Waals surface area contributed by atoms with E-state index in [1.807, 2.05) is 18.2 Å². The Morgan fingerprint density at radius 2 is 1.95 bits per heavy atom. The Morgan fingerprint density at radius 1 is 1.29 bits per heavy atom. The number of aromatic nitrogens is 2. The summed E-state index contributed by atoms with van der Waals surface area (Å²) in [6.07, 6.45) is 0.727. The number of hydrogen-bond donors (Lipinski definition) is 1. The van der Waals surface area contributed by atoms with Gasteiger partial charge in [0.25, 0.3) is 9.70 Å². The van der Waals surface area contributed by atoms with Crippen molar-refractivity contribution in [3.63, 3.8) is 0 Å². The molecule has 0 bridgehead atoms. The Kier molecular flexibility index (Phi) is 5.43. The van der Waals surface area contributed by atoms with Gasteiger partial charge in [0, 0.05) is 6.42 Å². The highest BCUT2D eigenvalue weighted by Crippen LogP contribution is 2.29. The van der Waals surface area contributed by atoms with Crippen LogP contribution in [0, 0.1) is 0 Å². The van der Waals surface area contributed by atoms with Crippen LogP contribution in [0.1, 0.15) is 23.4 Å². The molecule has 0 radical (unpaired) electrons. The van der Waals surface area contributed by atoms with Gasteiger partial charge in [-0.05, 0) is 11.5 Å². The molecular formula is C13H12Cl3N3OS. The maximum atomic E-state index is 11.5. The van der Waals surface area contributed by atoms with Crippen LogP contribution < -0.4 is 5.32 Å². The van der Waals surface area contributed by atoms with Gasteiger partial charge in [-0.2, -0.15) is 0 Å². The quantitative estimate of drug-likeness (QED) is 0.827. The average molecular weight is 365 g/mol. The lowest BCUT2D eigenvalue weighted by molar-refractivity contribution is -0.115. The second-order valence-electron chi connectivity index (χ2n) is 4.47. The molecule has 1 heterocycles. The number of nitrogens with zero attached hydrogens (tertiary/aromatic N) is 2. The topological polar surface area (TPSA) is 54.9 Å². The molecule has 0 fully saturated rings. The highest BCUT2D eigenvalue weighted by molar-refractivity contribution is 7.15. The normalized spacial score (nSPS) is 13.0. The molecule has 4 nitrogen and oxygen atoms in total. The minimum absolute atomic E-state index is 0.302. The van der Waals surface area contributed by atoms with E-state index in [0.717, 1.165) is 11.4 Å². The van der Waals surface area contributed by atoms with Crippen LogP contribution in [0.2, 0.25) is 0 Å². The molecule has 112 valence electrons. The Morgan fingerprint density at radius 3 is 2.57 bits per heavy atom. The molecule has 1 N–H and O–H groups in total. The maximum absolute atomic E-state index is 11.5. The summed E-state index contributed by atoms with van der Waals surface area (Å²) in [5, 5.41) is 11.5. The van der Waals surface area contributed by atoms with Gasteiger partial charge in [-0.3, -0.25) is 10.1 Å². The molecular weight excluding hydrogens is 353 g/mol. The lowest BCUT2D eigenvalue weighted by atomic mass is 9.98.